The first-order chi connectivity index (χ1) is 7.38. The van der Waals surface area contributed by atoms with Crippen molar-refractivity contribution in [2.45, 2.75) is 45.1 Å². The van der Waals surface area contributed by atoms with Crippen LogP contribution in [0, 0.1) is 5.92 Å². The standard InChI is InChI=1S/C14H21N/c1-2-15-8-4-7-13-9-11-5-3-6-12(11)10-14(13)15/h3,6,13-14H,2,4-5,7-10H2,1H3. The van der Waals surface area contributed by atoms with Gasteiger partial charge < -0.3 is 4.90 Å². The third-order valence-corrected chi connectivity index (χ3v) is 4.51. The summed E-state index contributed by atoms with van der Waals surface area (Å²) in [6, 6.07) is 0.866. The van der Waals surface area contributed by atoms with Gasteiger partial charge in [-0.3, -0.25) is 0 Å². The van der Waals surface area contributed by atoms with E-state index in [4.69, 9.17) is 0 Å². The number of allylic oxidation sites excluding steroid dienone is 3. The van der Waals surface area contributed by atoms with Crippen LogP contribution >= 0.6 is 0 Å². The summed E-state index contributed by atoms with van der Waals surface area (Å²) in [4.78, 5) is 2.71. The molecule has 3 rings (SSSR count). The summed E-state index contributed by atoms with van der Waals surface area (Å²) in [7, 11) is 0. The van der Waals surface area contributed by atoms with Gasteiger partial charge in [-0.25, -0.2) is 0 Å². The zero-order valence-electron chi connectivity index (χ0n) is 9.71. The second-order valence-electron chi connectivity index (χ2n) is 5.24. The van der Waals surface area contributed by atoms with Crippen LogP contribution in [0.4, 0.5) is 0 Å². The van der Waals surface area contributed by atoms with E-state index in [1.54, 1.807) is 11.1 Å². The van der Waals surface area contributed by atoms with E-state index >= 15 is 0 Å². The zero-order valence-corrected chi connectivity index (χ0v) is 9.71. The number of nitrogens with zero attached hydrogens (tertiary/aromatic N) is 1. The van der Waals surface area contributed by atoms with Crippen molar-refractivity contribution in [1.29, 1.82) is 0 Å². The molecule has 2 atom stereocenters. The zero-order chi connectivity index (χ0) is 10.3. The van der Waals surface area contributed by atoms with Gasteiger partial charge in [-0.2, -0.15) is 0 Å². The van der Waals surface area contributed by atoms with Crippen molar-refractivity contribution in [2.75, 3.05) is 13.1 Å². The lowest BCUT2D eigenvalue weighted by Gasteiger charge is -2.44. The normalized spacial score (nSPS) is 35.5. The molecule has 1 heterocycles. The second-order valence-corrected chi connectivity index (χ2v) is 5.24. The second kappa shape index (κ2) is 3.79. The summed E-state index contributed by atoms with van der Waals surface area (Å²) >= 11 is 0. The van der Waals surface area contributed by atoms with Gasteiger partial charge in [-0.1, -0.05) is 24.6 Å². The molecule has 0 bridgehead atoms. The van der Waals surface area contributed by atoms with Gasteiger partial charge in [0.2, 0.25) is 0 Å². The molecule has 1 saturated heterocycles. The Morgan fingerprint density at radius 2 is 2.33 bits per heavy atom. The Hall–Kier alpha value is -0.560. The van der Waals surface area contributed by atoms with Crippen LogP contribution in [-0.2, 0) is 0 Å². The Bertz CT molecular complexity index is 313. The van der Waals surface area contributed by atoms with Gasteiger partial charge in [0.15, 0.2) is 0 Å². The van der Waals surface area contributed by atoms with Gasteiger partial charge >= 0.3 is 0 Å². The molecule has 0 saturated carbocycles. The topological polar surface area (TPSA) is 3.24 Å². The Balaban J connectivity index is 1.82. The maximum Gasteiger partial charge on any atom is 0.0167 e. The van der Waals surface area contributed by atoms with Crippen molar-refractivity contribution in [3.8, 4) is 0 Å². The fraction of sp³-hybridized carbons (Fsp3) is 0.714. The minimum absolute atomic E-state index is 0.866. The lowest BCUT2D eigenvalue weighted by Crippen LogP contribution is -2.46. The lowest BCUT2D eigenvalue weighted by atomic mass is 9.76. The van der Waals surface area contributed by atoms with Crippen molar-refractivity contribution >= 4 is 0 Å². The SMILES string of the molecule is CCN1CCCC2CC3=C(C=CC3)CC21. The summed E-state index contributed by atoms with van der Waals surface area (Å²) in [5.74, 6) is 0.970. The molecule has 0 N–H and O–H groups in total. The van der Waals surface area contributed by atoms with Crippen molar-refractivity contribution in [1.82, 2.24) is 4.90 Å². The predicted octanol–water partition coefficient (Wildman–Crippen LogP) is 3.14. The summed E-state index contributed by atoms with van der Waals surface area (Å²) in [6.07, 6.45) is 11.6. The van der Waals surface area contributed by atoms with Crippen molar-refractivity contribution in [3.05, 3.63) is 23.3 Å². The van der Waals surface area contributed by atoms with Crippen LogP contribution in [0.3, 0.4) is 0 Å². The van der Waals surface area contributed by atoms with Crippen molar-refractivity contribution in [3.63, 3.8) is 0 Å². The molecule has 1 heteroatoms. The summed E-state index contributed by atoms with van der Waals surface area (Å²) in [6.45, 7) is 4.90. The van der Waals surface area contributed by atoms with Crippen LogP contribution in [0.5, 0.6) is 0 Å². The molecule has 1 fully saturated rings. The molecule has 3 aliphatic rings. The van der Waals surface area contributed by atoms with E-state index in [1.807, 2.05) is 0 Å². The van der Waals surface area contributed by atoms with E-state index in [1.165, 1.54) is 45.2 Å². The van der Waals surface area contributed by atoms with Crippen molar-refractivity contribution in [2.24, 2.45) is 5.92 Å². The molecule has 1 aliphatic heterocycles. The quantitative estimate of drug-likeness (QED) is 0.633. The maximum atomic E-state index is 2.71. The highest BCUT2D eigenvalue weighted by atomic mass is 15.2. The van der Waals surface area contributed by atoms with E-state index in [2.05, 4.69) is 24.0 Å². The highest BCUT2D eigenvalue weighted by Crippen LogP contribution is 2.41. The number of fused-ring (bicyclic) bond motifs is 1. The Labute approximate surface area is 92.8 Å². The molecule has 0 aromatic heterocycles. The Morgan fingerprint density at radius 3 is 3.20 bits per heavy atom. The van der Waals surface area contributed by atoms with Gasteiger partial charge in [-0.05, 0) is 56.7 Å². The molecule has 15 heavy (non-hydrogen) atoms. The summed E-state index contributed by atoms with van der Waals surface area (Å²) < 4.78 is 0. The van der Waals surface area contributed by atoms with Crippen molar-refractivity contribution < 1.29 is 0 Å². The van der Waals surface area contributed by atoms with E-state index in [-0.39, 0.29) is 0 Å². The minimum Gasteiger partial charge on any atom is -0.300 e. The van der Waals surface area contributed by atoms with E-state index in [9.17, 15) is 0 Å². The largest absolute Gasteiger partial charge is 0.300 e. The fourth-order valence-electron chi connectivity index (χ4n) is 3.70. The maximum absolute atomic E-state index is 2.71. The Morgan fingerprint density at radius 1 is 1.40 bits per heavy atom. The number of hydrogen-bond acceptors (Lipinski definition) is 1. The molecule has 1 nitrogen and oxygen atoms in total. The van der Waals surface area contributed by atoms with E-state index < -0.39 is 0 Å². The first-order valence-corrected chi connectivity index (χ1v) is 6.50. The minimum atomic E-state index is 0.866. The number of likely N-dealkylation sites (tertiary alicyclic amines) is 1. The smallest absolute Gasteiger partial charge is 0.0167 e. The first kappa shape index (κ1) is 9.65. The van der Waals surface area contributed by atoms with Gasteiger partial charge in [0.25, 0.3) is 0 Å². The van der Waals surface area contributed by atoms with Crippen LogP contribution in [0.1, 0.15) is 39.0 Å². The molecule has 0 spiro atoms. The monoisotopic (exact) mass is 203 g/mol. The molecule has 0 radical (unpaired) electrons. The lowest BCUT2D eigenvalue weighted by molar-refractivity contribution is 0.0919. The summed E-state index contributed by atoms with van der Waals surface area (Å²) in [5, 5.41) is 0. The highest BCUT2D eigenvalue weighted by molar-refractivity contribution is 5.37. The van der Waals surface area contributed by atoms with Crippen LogP contribution in [0.2, 0.25) is 0 Å². The average Bonchev–Trinajstić information content (AvgIpc) is 2.72. The third kappa shape index (κ3) is 1.57. The molecule has 0 aromatic carbocycles. The summed E-state index contributed by atoms with van der Waals surface area (Å²) in [5.41, 5.74) is 3.44. The fourth-order valence-corrected chi connectivity index (χ4v) is 3.70. The molecule has 0 amide bonds. The highest BCUT2D eigenvalue weighted by Gasteiger charge is 2.35. The number of piperidine rings is 1. The van der Waals surface area contributed by atoms with Gasteiger partial charge in [-0.15, -0.1) is 0 Å². The van der Waals surface area contributed by atoms with E-state index in [0.717, 1.165) is 12.0 Å². The van der Waals surface area contributed by atoms with E-state index in [0.29, 0.717) is 0 Å². The number of rotatable bonds is 1. The molecule has 82 valence electrons. The van der Waals surface area contributed by atoms with Gasteiger partial charge in [0, 0.05) is 6.04 Å². The molecular weight excluding hydrogens is 182 g/mol. The predicted molar refractivity (Wildman–Crippen MR) is 63.8 cm³/mol. The number of hydrogen-bond donors (Lipinski definition) is 0. The van der Waals surface area contributed by atoms with Crippen LogP contribution in [0.25, 0.3) is 0 Å². The Kier molecular flexibility index (Phi) is 2.44. The van der Waals surface area contributed by atoms with Gasteiger partial charge in [0.1, 0.15) is 0 Å². The third-order valence-electron chi connectivity index (χ3n) is 4.51. The van der Waals surface area contributed by atoms with Crippen LogP contribution in [-0.4, -0.2) is 24.0 Å². The van der Waals surface area contributed by atoms with Crippen LogP contribution < -0.4 is 0 Å². The average molecular weight is 203 g/mol. The van der Waals surface area contributed by atoms with Crippen LogP contribution in [0.15, 0.2) is 23.3 Å². The first-order valence-electron chi connectivity index (χ1n) is 6.50. The molecule has 2 unspecified atom stereocenters. The molecule has 2 aliphatic carbocycles. The molecular formula is C14H21N. The molecule has 0 aromatic rings. The van der Waals surface area contributed by atoms with Gasteiger partial charge in [0.05, 0.1) is 0 Å².